The van der Waals surface area contributed by atoms with Crippen molar-refractivity contribution in [3.8, 4) is 0 Å². The number of ketones is 1. The standard InChI is InChI=1S/C19H22N2O3S/c1-14(22)17-7-8-18(25-17)19(23)20(2)13-15-3-5-16(6-4-15)21-9-11-24-12-10-21/h3-8H,9-13H2,1-2H3. The van der Waals surface area contributed by atoms with E-state index in [1.807, 2.05) is 0 Å². The zero-order chi connectivity index (χ0) is 17.8. The van der Waals surface area contributed by atoms with Crippen molar-refractivity contribution in [2.45, 2.75) is 13.5 Å². The Morgan fingerprint density at radius 1 is 1.08 bits per heavy atom. The van der Waals surface area contributed by atoms with Gasteiger partial charge in [-0.25, -0.2) is 0 Å². The Morgan fingerprint density at radius 3 is 2.32 bits per heavy atom. The number of thiophene rings is 1. The van der Waals surface area contributed by atoms with Crippen LogP contribution in [0.3, 0.4) is 0 Å². The Balaban J connectivity index is 1.62. The predicted molar refractivity (Wildman–Crippen MR) is 99.6 cm³/mol. The molecule has 0 bridgehead atoms. The van der Waals surface area contributed by atoms with Gasteiger partial charge in [-0.2, -0.15) is 0 Å². The summed E-state index contributed by atoms with van der Waals surface area (Å²) in [5.41, 5.74) is 2.27. The lowest BCUT2D eigenvalue weighted by Gasteiger charge is -2.29. The molecule has 6 heteroatoms. The Kier molecular flexibility index (Phi) is 5.50. The molecule has 2 heterocycles. The smallest absolute Gasteiger partial charge is 0.263 e. The van der Waals surface area contributed by atoms with Gasteiger partial charge in [-0.1, -0.05) is 12.1 Å². The molecule has 0 radical (unpaired) electrons. The summed E-state index contributed by atoms with van der Waals surface area (Å²) >= 11 is 1.25. The van der Waals surface area contributed by atoms with E-state index >= 15 is 0 Å². The van der Waals surface area contributed by atoms with Gasteiger partial charge in [0.15, 0.2) is 5.78 Å². The number of nitrogens with zero attached hydrogens (tertiary/aromatic N) is 2. The van der Waals surface area contributed by atoms with Gasteiger partial charge in [-0.3, -0.25) is 9.59 Å². The number of hydrogen-bond donors (Lipinski definition) is 0. The summed E-state index contributed by atoms with van der Waals surface area (Å²) in [6, 6.07) is 11.7. The van der Waals surface area contributed by atoms with Gasteiger partial charge < -0.3 is 14.5 Å². The van der Waals surface area contributed by atoms with Gasteiger partial charge >= 0.3 is 0 Å². The van der Waals surface area contributed by atoms with Gasteiger partial charge in [0.2, 0.25) is 0 Å². The van der Waals surface area contributed by atoms with Crippen LogP contribution in [0, 0.1) is 0 Å². The summed E-state index contributed by atoms with van der Waals surface area (Å²) in [7, 11) is 1.78. The quantitative estimate of drug-likeness (QED) is 0.771. The van der Waals surface area contributed by atoms with Gasteiger partial charge in [-0.05, 0) is 36.8 Å². The highest BCUT2D eigenvalue weighted by Crippen LogP contribution is 2.21. The molecule has 1 aliphatic heterocycles. The average Bonchev–Trinajstić information content (AvgIpc) is 3.13. The van der Waals surface area contributed by atoms with Crippen LogP contribution < -0.4 is 4.90 Å². The highest BCUT2D eigenvalue weighted by Gasteiger charge is 2.16. The topological polar surface area (TPSA) is 49.9 Å². The average molecular weight is 358 g/mol. The first-order valence-electron chi connectivity index (χ1n) is 8.32. The zero-order valence-corrected chi connectivity index (χ0v) is 15.3. The predicted octanol–water partition coefficient (Wildman–Crippen LogP) is 3.06. The van der Waals surface area contributed by atoms with E-state index in [1.54, 1.807) is 24.1 Å². The minimum absolute atomic E-state index is 0.00888. The van der Waals surface area contributed by atoms with Crippen LogP contribution in [-0.2, 0) is 11.3 Å². The fourth-order valence-corrected chi connectivity index (χ4v) is 3.71. The maximum absolute atomic E-state index is 12.5. The van der Waals surface area contributed by atoms with Gasteiger partial charge in [-0.15, -0.1) is 11.3 Å². The molecule has 0 unspecified atom stereocenters. The summed E-state index contributed by atoms with van der Waals surface area (Å²) in [4.78, 5) is 29.1. The van der Waals surface area contributed by atoms with Crippen molar-refractivity contribution in [3.05, 3.63) is 51.7 Å². The third-order valence-electron chi connectivity index (χ3n) is 4.24. The van der Waals surface area contributed by atoms with E-state index in [9.17, 15) is 9.59 Å². The molecule has 1 amide bonds. The largest absolute Gasteiger partial charge is 0.378 e. The van der Waals surface area contributed by atoms with Crippen LogP contribution in [0.2, 0.25) is 0 Å². The summed E-state index contributed by atoms with van der Waals surface area (Å²) in [6.07, 6.45) is 0. The van der Waals surface area contributed by atoms with E-state index in [2.05, 4.69) is 29.2 Å². The molecule has 25 heavy (non-hydrogen) atoms. The van der Waals surface area contributed by atoms with Crippen molar-refractivity contribution in [2.24, 2.45) is 0 Å². The molecule has 5 nitrogen and oxygen atoms in total. The highest BCUT2D eigenvalue weighted by atomic mass is 32.1. The Morgan fingerprint density at radius 2 is 1.72 bits per heavy atom. The molecule has 1 saturated heterocycles. The minimum Gasteiger partial charge on any atom is -0.378 e. The number of carbonyl (C=O) groups is 2. The number of carbonyl (C=O) groups excluding carboxylic acids is 2. The molecular weight excluding hydrogens is 336 g/mol. The van der Waals surface area contributed by atoms with Crippen molar-refractivity contribution in [1.82, 2.24) is 4.90 Å². The third kappa shape index (κ3) is 4.27. The summed E-state index contributed by atoms with van der Waals surface area (Å²) in [5, 5.41) is 0. The third-order valence-corrected chi connectivity index (χ3v) is 5.42. The number of Topliss-reactive ketones (excluding diaryl/α,β-unsaturated/α-hetero) is 1. The van der Waals surface area contributed by atoms with Crippen LogP contribution in [0.5, 0.6) is 0 Å². The Bertz CT molecular complexity index is 748. The number of anilines is 1. The fourth-order valence-electron chi connectivity index (χ4n) is 2.81. The van der Waals surface area contributed by atoms with Gasteiger partial charge in [0.1, 0.15) is 0 Å². The van der Waals surface area contributed by atoms with E-state index in [4.69, 9.17) is 4.74 Å². The lowest BCUT2D eigenvalue weighted by molar-refractivity contribution is 0.0789. The first kappa shape index (κ1) is 17.6. The molecular formula is C19H22N2O3S. The second-order valence-electron chi connectivity index (χ2n) is 6.15. The molecule has 2 aromatic rings. The molecule has 0 atom stereocenters. The first-order valence-corrected chi connectivity index (χ1v) is 9.14. The van der Waals surface area contributed by atoms with Gasteiger partial charge in [0.25, 0.3) is 5.91 Å². The van der Waals surface area contributed by atoms with Gasteiger partial charge in [0, 0.05) is 32.4 Å². The lowest BCUT2D eigenvalue weighted by atomic mass is 10.1. The van der Waals surface area contributed by atoms with E-state index in [0.29, 0.717) is 16.3 Å². The van der Waals surface area contributed by atoms with Crippen molar-refractivity contribution < 1.29 is 14.3 Å². The van der Waals surface area contributed by atoms with Crippen LogP contribution in [0.15, 0.2) is 36.4 Å². The molecule has 0 N–H and O–H groups in total. The van der Waals surface area contributed by atoms with E-state index in [0.717, 1.165) is 31.9 Å². The van der Waals surface area contributed by atoms with E-state index in [1.165, 1.54) is 23.9 Å². The number of ether oxygens (including phenoxy) is 1. The number of benzene rings is 1. The second kappa shape index (κ2) is 7.80. The molecule has 3 rings (SSSR count). The molecule has 1 aromatic heterocycles. The Labute approximate surface area is 151 Å². The Hall–Kier alpha value is -2.18. The van der Waals surface area contributed by atoms with Crippen LogP contribution in [0.4, 0.5) is 5.69 Å². The zero-order valence-electron chi connectivity index (χ0n) is 14.5. The molecule has 132 valence electrons. The number of hydrogen-bond acceptors (Lipinski definition) is 5. The SMILES string of the molecule is CC(=O)c1ccc(C(=O)N(C)Cc2ccc(N3CCOCC3)cc2)s1. The van der Waals surface area contributed by atoms with Crippen LogP contribution in [-0.4, -0.2) is 49.9 Å². The fraction of sp³-hybridized carbons (Fsp3) is 0.368. The lowest BCUT2D eigenvalue weighted by Crippen LogP contribution is -2.36. The van der Waals surface area contributed by atoms with Crippen molar-refractivity contribution in [2.75, 3.05) is 38.3 Å². The van der Waals surface area contributed by atoms with Gasteiger partial charge in [0.05, 0.1) is 23.0 Å². The van der Waals surface area contributed by atoms with E-state index in [-0.39, 0.29) is 11.7 Å². The summed E-state index contributed by atoms with van der Waals surface area (Å²) in [5.74, 6) is -0.0693. The maximum Gasteiger partial charge on any atom is 0.263 e. The molecule has 1 fully saturated rings. The maximum atomic E-state index is 12.5. The van der Waals surface area contributed by atoms with Crippen molar-refractivity contribution in [3.63, 3.8) is 0 Å². The molecule has 1 aromatic carbocycles. The number of morpholine rings is 1. The van der Waals surface area contributed by atoms with Crippen molar-refractivity contribution in [1.29, 1.82) is 0 Å². The van der Waals surface area contributed by atoms with Crippen LogP contribution in [0.1, 0.15) is 31.8 Å². The molecule has 0 saturated carbocycles. The summed E-state index contributed by atoms with van der Waals surface area (Å²) in [6.45, 7) is 5.41. The number of rotatable bonds is 5. The van der Waals surface area contributed by atoms with Crippen molar-refractivity contribution >= 4 is 28.7 Å². The van der Waals surface area contributed by atoms with E-state index < -0.39 is 0 Å². The minimum atomic E-state index is -0.0604. The van der Waals surface area contributed by atoms with Crippen LogP contribution >= 0.6 is 11.3 Å². The number of amides is 1. The highest BCUT2D eigenvalue weighted by molar-refractivity contribution is 7.15. The molecule has 0 spiro atoms. The normalized spacial score (nSPS) is 14.4. The molecule has 1 aliphatic rings. The van der Waals surface area contributed by atoms with Crippen LogP contribution in [0.25, 0.3) is 0 Å². The first-order chi connectivity index (χ1) is 12.0. The molecule has 0 aliphatic carbocycles. The monoisotopic (exact) mass is 358 g/mol. The second-order valence-corrected chi connectivity index (χ2v) is 7.23. The summed E-state index contributed by atoms with van der Waals surface area (Å²) < 4.78 is 5.38.